The molecule has 5 nitrogen and oxygen atoms in total. The third kappa shape index (κ3) is 7.03. The molecule has 0 atom stereocenters. The summed E-state index contributed by atoms with van der Waals surface area (Å²) in [5, 5.41) is 10.7. The topological polar surface area (TPSA) is 61.8 Å². The van der Waals surface area contributed by atoms with Crippen LogP contribution in [0.5, 0.6) is 5.75 Å². The largest absolute Gasteiger partial charge is 0.490 e. The Morgan fingerprint density at radius 3 is 2.30 bits per heavy atom. The highest BCUT2D eigenvalue weighted by atomic mass is 35.5. The molecule has 0 aliphatic carbocycles. The van der Waals surface area contributed by atoms with Gasteiger partial charge in [-0.2, -0.15) is 13.2 Å². The first-order valence-corrected chi connectivity index (χ1v) is 9.08. The zero-order valence-electron chi connectivity index (χ0n) is 15.5. The molecule has 0 bridgehead atoms. The first kappa shape index (κ1) is 23.7. The molecular weight excluding hydrogens is 435 g/mol. The van der Waals surface area contributed by atoms with Crippen LogP contribution in [0.4, 0.5) is 27.6 Å². The van der Waals surface area contributed by atoms with Crippen LogP contribution in [0.25, 0.3) is 0 Å². The van der Waals surface area contributed by atoms with Crippen molar-refractivity contribution < 1.29 is 36.6 Å². The maximum absolute atomic E-state index is 13.9. The van der Waals surface area contributed by atoms with Crippen LogP contribution in [-0.4, -0.2) is 43.4 Å². The van der Waals surface area contributed by atoms with Crippen molar-refractivity contribution in [2.75, 3.05) is 31.1 Å². The van der Waals surface area contributed by atoms with E-state index in [0.717, 1.165) is 31.9 Å². The van der Waals surface area contributed by atoms with Crippen molar-refractivity contribution in [3.63, 3.8) is 0 Å². The number of ether oxygens (including phenoxy) is 1. The minimum Gasteiger partial charge on any atom is -0.486 e. The highest BCUT2D eigenvalue weighted by Crippen LogP contribution is 2.26. The number of halogens is 6. The van der Waals surface area contributed by atoms with Crippen LogP contribution < -0.4 is 15.0 Å². The lowest BCUT2D eigenvalue weighted by Crippen LogP contribution is -2.43. The third-order valence-corrected chi connectivity index (χ3v) is 4.27. The molecule has 0 saturated carbocycles. The van der Waals surface area contributed by atoms with Crippen molar-refractivity contribution in [2.45, 2.75) is 12.8 Å². The molecule has 3 rings (SSSR count). The van der Waals surface area contributed by atoms with Crippen LogP contribution in [0, 0.1) is 11.6 Å². The number of carboxylic acid groups (broad SMARTS) is 1. The number of carbonyl (C=O) groups is 1. The Kier molecular flexibility index (Phi) is 8.24. The van der Waals surface area contributed by atoms with Crippen molar-refractivity contribution >= 4 is 23.3 Å². The standard InChI is InChI=1S/C17H17ClF2N2O.C2HF3O2/c18-13-2-1-12(16(20)9-13)11-23-17-10-14(3-4-15(17)19)22-7-5-21-6-8-22;3-2(4,5)1(6)7/h1-4,9-10,21H,5-8,11H2;(H,6,7). The molecule has 2 N–H and O–H groups in total. The summed E-state index contributed by atoms with van der Waals surface area (Å²) in [6.07, 6.45) is -5.08. The lowest BCUT2D eigenvalue weighted by Gasteiger charge is -2.29. The molecule has 30 heavy (non-hydrogen) atoms. The van der Waals surface area contributed by atoms with E-state index in [1.807, 2.05) is 0 Å². The first-order chi connectivity index (χ1) is 14.1. The van der Waals surface area contributed by atoms with Crippen LogP contribution in [0.2, 0.25) is 5.02 Å². The number of nitrogens with one attached hydrogen (secondary N) is 1. The second kappa shape index (κ2) is 10.4. The van der Waals surface area contributed by atoms with Gasteiger partial charge in [0.15, 0.2) is 11.6 Å². The van der Waals surface area contributed by atoms with E-state index in [4.69, 9.17) is 26.2 Å². The molecule has 0 unspecified atom stereocenters. The second-order valence-corrected chi connectivity index (χ2v) is 6.62. The zero-order chi connectivity index (χ0) is 22.3. The predicted octanol–water partition coefficient (Wildman–Crippen LogP) is 4.24. The molecule has 2 aromatic carbocycles. The van der Waals surface area contributed by atoms with Crippen LogP contribution in [0.1, 0.15) is 5.56 Å². The number of aliphatic carboxylic acids is 1. The Hall–Kier alpha value is -2.59. The Balaban J connectivity index is 0.000000396. The second-order valence-electron chi connectivity index (χ2n) is 6.18. The van der Waals surface area contributed by atoms with Crippen molar-refractivity contribution in [1.82, 2.24) is 5.32 Å². The molecule has 0 aromatic heterocycles. The van der Waals surface area contributed by atoms with Crippen molar-refractivity contribution in [1.29, 1.82) is 0 Å². The zero-order valence-corrected chi connectivity index (χ0v) is 16.2. The molecule has 1 fully saturated rings. The number of nitrogens with zero attached hydrogens (tertiary/aromatic N) is 1. The molecule has 0 spiro atoms. The van der Waals surface area contributed by atoms with Gasteiger partial charge in [0.25, 0.3) is 0 Å². The summed E-state index contributed by atoms with van der Waals surface area (Å²) >= 11 is 5.71. The fraction of sp³-hybridized carbons (Fsp3) is 0.316. The van der Waals surface area contributed by atoms with Gasteiger partial charge in [-0.1, -0.05) is 17.7 Å². The number of anilines is 1. The summed E-state index contributed by atoms with van der Waals surface area (Å²) in [5.74, 6) is -3.56. The van der Waals surface area contributed by atoms with E-state index in [9.17, 15) is 22.0 Å². The summed E-state index contributed by atoms with van der Waals surface area (Å²) in [6, 6.07) is 9.11. The molecule has 1 aliphatic heterocycles. The number of hydrogen-bond acceptors (Lipinski definition) is 4. The molecule has 1 aliphatic rings. The first-order valence-electron chi connectivity index (χ1n) is 8.70. The molecule has 1 heterocycles. The number of piperazine rings is 1. The van der Waals surface area contributed by atoms with Gasteiger partial charge in [0.05, 0.1) is 0 Å². The predicted molar refractivity (Wildman–Crippen MR) is 101 cm³/mol. The third-order valence-electron chi connectivity index (χ3n) is 4.04. The smallest absolute Gasteiger partial charge is 0.486 e. The Bertz CT molecular complexity index is 874. The Morgan fingerprint density at radius 1 is 1.10 bits per heavy atom. The van der Waals surface area contributed by atoms with Crippen LogP contribution in [-0.2, 0) is 11.4 Å². The molecule has 0 amide bonds. The van der Waals surface area contributed by atoms with Crippen molar-refractivity contribution in [2.24, 2.45) is 0 Å². The van der Waals surface area contributed by atoms with Gasteiger partial charge in [-0.25, -0.2) is 13.6 Å². The van der Waals surface area contributed by atoms with Crippen LogP contribution >= 0.6 is 11.6 Å². The van der Waals surface area contributed by atoms with E-state index in [-0.39, 0.29) is 12.4 Å². The Morgan fingerprint density at radius 2 is 1.73 bits per heavy atom. The van der Waals surface area contributed by atoms with E-state index >= 15 is 0 Å². The van der Waals surface area contributed by atoms with E-state index in [1.165, 1.54) is 18.2 Å². The van der Waals surface area contributed by atoms with Crippen molar-refractivity contribution in [3.05, 3.63) is 58.6 Å². The lowest BCUT2D eigenvalue weighted by molar-refractivity contribution is -0.192. The van der Waals surface area contributed by atoms with E-state index < -0.39 is 23.8 Å². The number of rotatable bonds is 4. The van der Waals surface area contributed by atoms with Gasteiger partial charge >= 0.3 is 12.1 Å². The van der Waals surface area contributed by atoms with E-state index in [2.05, 4.69) is 10.2 Å². The van der Waals surface area contributed by atoms with Gasteiger partial charge in [0, 0.05) is 48.5 Å². The summed E-state index contributed by atoms with van der Waals surface area (Å²) in [7, 11) is 0. The summed E-state index contributed by atoms with van der Waals surface area (Å²) < 4.78 is 64.9. The van der Waals surface area contributed by atoms with Gasteiger partial charge in [-0.05, 0) is 24.3 Å². The summed E-state index contributed by atoms with van der Waals surface area (Å²) in [4.78, 5) is 11.1. The fourth-order valence-corrected chi connectivity index (χ4v) is 2.68. The monoisotopic (exact) mass is 452 g/mol. The van der Waals surface area contributed by atoms with Gasteiger partial charge in [-0.3, -0.25) is 0 Å². The fourth-order valence-electron chi connectivity index (χ4n) is 2.52. The maximum Gasteiger partial charge on any atom is 0.490 e. The number of carboxylic acids is 1. The maximum atomic E-state index is 13.9. The quantitative estimate of drug-likeness (QED) is 0.679. The van der Waals surface area contributed by atoms with Crippen LogP contribution in [0.15, 0.2) is 36.4 Å². The lowest BCUT2D eigenvalue weighted by atomic mass is 10.2. The average molecular weight is 453 g/mol. The molecular formula is C19H18ClF5N2O3. The highest BCUT2D eigenvalue weighted by Gasteiger charge is 2.38. The highest BCUT2D eigenvalue weighted by molar-refractivity contribution is 6.30. The van der Waals surface area contributed by atoms with E-state index in [1.54, 1.807) is 18.2 Å². The molecule has 2 aromatic rings. The summed E-state index contributed by atoms with van der Waals surface area (Å²) in [5.41, 5.74) is 1.24. The number of hydrogen-bond donors (Lipinski definition) is 2. The van der Waals surface area contributed by atoms with Gasteiger partial charge in [0.1, 0.15) is 12.4 Å². The van der Waals surface area contributed by atoms with Crippen molar-refractivity contribution in [3.8, 4) is 5.75 Å². The molecule has 164 valence electrons. The van der Waals surface area contributed by atoms with E-state index in [0.29, 0.717) is 10.6 Å². The number of benzene rings is 2. The van der Waals surface area contributed by atoms with Gasteiger partial charge in [0.2, 0.25) is 0 Å². The minimum atomic E-state index is -5.08. The molecule has 0 radical (unpaired) electrons. The minimum absolute atomic E-state index is 0.0507. The average Bonchev–Trinajstić information content (AvgIpc) is 2.69. The van der Waals surface area contributed by atoms with Crippen LogP contribution in [0.3, 0.4) is 0 Å². The Labute approximate surface area is 174 Å². The number of alkyl halides is 3. The van der Waals surface area contributed by atoms with Gasteiger partial charge < -0.3 is 20.1 Å². The summed E-state index contributed by atoms with van der Waals surface area (Å²) in [6.45, 7) is 3.45. The van der Waals surface area contributed by atoms with Gasteiger partial charge in [-0.15, -0.1) is 0 Å². The molecule has 1 saturated heterocycles. The molecule has 11 heteroatoms. The SMILES string of the molecule is Fc1cc(Cl)ccc1COc1cc(N2CCNCC2)ccc1F.O=C(O)C(F)(F)F. The normalized spacial score (nSPS) is 14.0.